The van der Waals surface area contributed by atoms with Gasteiger partial charge in [0, 0.05) is 44.2 Å². The van der Waals surface area contributed by atoms with E-state index in [-0.39, 0.29) is 0 Å². The molecule has 0 unspecified atom stereocenters. The van der Waals surface area contributed by atoms with Gasteiger partial charge in [0.25, 0.3) is 0 Å². The van der Waals surface area contributed by atoms with Crippen LogP contribution in [-0.2, 0) is 0 Å². The highest BCUT2D eigenvalue weighted by Crippen LogP contribution is 2.39. The summed E-state index contributed by atoms with van der Waals surface area (Å²) in [5, 5.41) is 3.56. The van der Waals surface area contributed by atoms with Crippen LogP contribution < -0.4 is 0 Å². The summed E-state index contributed by atoms with van der Waals surface area (Å²) in [6, 6.07) is 75.8. The van der Waals surface area contributed by atoms with Gasteiger partial charge in [0.15, 0.2) is 0 Å². The van der Waals surface area contributed by atoms with Gasteiger partial charge in [-0.15, -0.1) is 0 Å². The van der Waals surface area contributed by atoms with E-state index in [2.05, 4.69) is 222 Å². The van der Waals surface area contributed by atoms with Crippen LogP contribution in [0.5, 0.6) is 0 Å². The molecule has 3 nitrogen and oxygen atoms in total. The number of pyridine rings is 1. The van der Waals surface area contributed by atoms with E-state index in [1.54, 1.807) is 0 Å². The molecule has 0 spiro atoms. The molecule has 0 atom stereocenters. The molecular weight excluding hydrogens is 751 g/mol. The maximum atomic E-state index is 5.15. The molecule has 0 saturated heterocycles. The third-order valence-electron chi connectivity index (χ3n) is 12.1. The molecule has 3 heterocycles. The van der Waals surface area contributed by atoms with Crippen LogP contribution in [0, 0.1) is 0 Å². The smallest absolute Gasteiger partial charge is 0.0715 e. The lowest BCUT2D eigenvalue weighted by molar-refractivity contribution is 1.11. The third-order valence-corrected chi connectivity index (χ3v) is 12.1. The van der Waals surface area contributed by atoms with Crippen LogP contribution in [0.1, 0.15) is 11.3 Å². The van der Waals surface area contributed by atoms with Crippen LogP contribution in [-0.4, -0.2) is 14.1 Å². The molecule has 8 aromatic carbocycles. The number of rotatable bonds is 9. The average molecular weight is 792 g/mol. The molecule has 0 aliphatic rings. The molecule has 0 aliphatic carbocycles. The van der Waals surface area contributed by atoms with Crippen molar-refractivity contribution in [2.24, 2.45) is 0 Å². The first-order valence-corrected chi connectivity index (χ1v) is 21.0. The normalized spacial score (nSPS) is 11.4. The maximum Gasteiger partial charge on any atom is 0.0715 e. The van der Waals surface area contributed by atoms with Gasteiger partial charge < -0.3 is 9.13 Å². The fourth-order valence-electron chi connectivity index (χ4n) is 9.13. The van der Waals surface area contributed by atoms with Gasteiger partial charge in [-0.1, -0.05) is 171 Å². The maximum absolute atomic E-state index is 5.15. The molecule has 0 bridgehead atoms. The zero-order valence-electron chi connectivity index (χ0n) is 34.1. The zero-order chi connectivity index (χ0) is 41.6. The Hall–Kier alpha value is -8.27. The lowest BCUT2D eigenvalue weighted by Crippen LogP contribution is -1.97. The standard InChI is InChI=1S/C59H41N3/c1-3-50-53-36-45(31-33-58(53)61(56(50)4-2)48-26-16-24-43(34-48)40-18-8-5-9-19-40)46-30-32-52-51-28-14-15-29-57(51)62(59(52)39-46)49-27-17-25-44(35-49)47-37-54(41-20-10-6-11-21-41)60-55(38-47)42-22-12-7-13-23-42/h3-39H,1-2H2. The Bertz CT molecular complexity index is 3420. The highest BCUT2D eigenvalue weighted by molar-refractivity contribution is 6.10. The highest BCUT2D eigenvalue weighted by atomic mass is 15.0. The van der Waals surface area contributed by atoms with Gasteiger partial charge in [-0.05, 0) is 100 Å². The molecule has 0 fully saturated rings. The number of para-hydroxylation sites is 1. The lowest BCUT2D eigenvalue weighted by atomic mass is 9.99. The predicted octanol–water partition coefficient (Wildman–Crippen LogP) is 15.7. The number of benzene rings is 8. The third kappa shape index (κ3) is 6.36. The Morgan fingerprint density at radius 3 is 1.47 bits per heavy atom. The van der Waals surface area contributed by atoms with E-state index >= 15 is 0 Å². The molecule has 0 saturated carbocycles. The highest BCUT2D eigenvalue weighted by Gasteiger charge is 2.19. The second-order valence-electron chi connectivity index (χ2n) is 15.7. The van der Waals surface area contributed by atoms with Gasteiger partial charge in [0.1, 0.15) is 0 Å². The molecular formula is C59H41N3. The minimum Gasteiger partial charge on any atom is -0.309 e. The molecule has 0 radical (unpaired) electrons. The van der Waals surface area contributed by atoms with Gasteiger partial charge in [-0.2, -0.15) is 0 Å². The van der Waals surface area contributed by atoms with Crippen molar-refractivity contribution in [3.63, 3.8) is 0 Å². The van der Waals surface area contributed by atoms with Crippen LogP contribution in [0.2, 0.25) is 0 Å². The SMILES string of the molecule is C=Cc1c(C=C)n(-c2cccc(-c3ccccc3)c2)c2ccc(-c3ccc4c5ccccc5n(-c5cccc(-c6cc(-c7ccccc7)nc(-c7ccccc7)c6)c5)c4c3)cc12. The molecule has 11 rings (SSSR count). The Morgan fingerprint density at radius 2 is 0.823 bits per heavy atom. The zero-order valence-corrected chi connectivity index (χ0v) is 34.1. The summed E-state index contributed by atoms with van der Waals surface area (Å²) in [6.07, 6.45) is 3.91. The summed E-state index contributed by atoms with van der Waals surface area (Å²) in [7, 11) is 0. The fraction of sp³-hybridized carbons (Fsp3) is 0. The lowest BCUT2D eigenvalue weighted by Gasteiger charge is -2.13. The van der Waals surface area contributed by atoms with Crippen molar-refractivity contribution in [2.75, 3.05) is 0 Å². The monoisotopic (exact) mass is 791 g/mol. The molecule has 11 aromatic rings. The van der Waals surface area contributed by atoms with Gasteiger partial charge >= 0.3 is 0 Å². The Morgan fingerprint density at radius 1 is 0.323 bits per heavy atom. The van der Waals surface area contributed by atoms with Gasteiger partial charge in [-0.3, -0.25) is 0 Å². The van der Waals surface area contributed by atoms with E-state index in [1.165, 1.54) is 21.9 Å². The van der Waals surface area contributed by atoms with Gasteiger partial charge in [0.2, 0.25) is 0 Å². The Kier molecular flexibility index (Phi) is 9.13. The largest absolute Gasteiger partial charge is 0.309 e. The van der Waals surface area contributed by atoms with Crippen molar-refractivity contribution in [3.05, 3.63) is 237 Å². The minimum atomic E-state index is 0.946. The quantitative estimate of drug-likeness (QED) is 0.143. The van der Waals surface area contributed by atoms with Crippen LogP contribution in [0.15, 0.2) is 225 Å². The van der Waals surface area contributed by atoms with E-state index in [1.807, 2.05) is 24.3 Å². The summed E-state index contributed by atoms with van der Waals surface area (Å²) in [6.45, 7) is 8.54. The summed E-state index contributed by atoms with van der Waals surface area (Å²) < 4.78 is 4.72. The summed E-state index contributed by atoms with van der Waals surface area (Å²) >= 11 is 0. The number of hydrogen-bond donors (Lipinski definition) is 0. The molecule has 292 valence electrons. The molecule has 62 heavy (non-hydrogen) atoms. The van der Waals surface area contributed by atoms with Crippen molar-refractivity contribution >= 4 is 44.9 Å². The number of nitrogens with zero attached hydrogens (tertiary/aromatic N) is 3. The number of fused-ring (bicyclic) bond motifs is 4. The second kappa shape index (κ2) is 15.4. The molecule has 0 N–H and O–H groups in total. The van der Waals surface area contributed by atoms with Crippen LogP contribution >= 0.6 is 0 Å². The number of hydrogen-bond acceptors (Lipinski definition) is 1. The van der Waals surface area contributed by atoms with E-state index < -0.39 is 0 Å². The average Bonchev–Trinajstić information content (AvgIpc) is 3.86. The van der Waals surface area contributed by atoms with E-state index in [9.17, 15) is 0 Å². The summed E-state index contributed by atoms with van der Waals surface area (Å²) in [5.74, 6) is 0. The Balaban J connectivity index is 1.05. The molecule has 0 amide bonds. The van der Waals surface area contributed by atoms with Crippen LogP contribution in [0.3, 0.4) is 0 Å². The first-order valence-electron chi connectivity index (χ1n) is 21.0. The van der Waals surface area contributed by atoms with Crippen LogP contribution in [0.25, 0.3) is 112 Å². The van der Waals surface area contributed by atoms with Gasteiger partial charge in [0.05, 0.1) is 33.6 Å². The van der Waals surface area contributed by atoms with Gasteiger partial charge in [-0.25, -0.2) is 4.98 Å². The summed E-state index contributed by atoms with van der Waals surface area (Å²) in [5.41, 5.74) is 18.6. The first-order chi connectivity index (χ1) is 30.6. The minimum absolute atomic E-state index is 0.946. The molecule has 3 aromatic heterocycles. The fourth-order valence-corrected chi connectivity index (χ4v) is 9.13. The predicted molar refractivity (Wildman–Crippen MR) is 263 cm³/mol. The summed E-state index contributed by atoms with van der Waals surface area (Å²) in [4.78, 5) is 5.15. The van der Waals surface area contributed by atoms with E-state index in [0.717, 1.165) is 89.3 Å². The van der Waals surface area contributed by atoms with E-state index in [0.29, 0.717) is 0 Å². The topological polar surface area (TPSA) is 22.8 Å². The second-order valence-corrected chi connectivity index (χ2v) is 15.7. The van der Waals surface area contributed by atoms with Crippen molar-refractivity contribution in [1.29, 1.82) is 0 Å². The van der Waals surface area contributed by atoms with Crippen LogP contribution in [0.4, 0.5) is 0 Å². The van der Waals surface area contributed by atoms with Crippen molar-refractivity contribution in [3.8, 4) is 67.3 Å². The van der Waals surface area contributed by atoms with Crippen molar-refractivity contribution < 1.29 is 0 Å². The molecule has 0 aliphatic heterocycles. The van der Waals surface area contributed by atoms with E-state index in [4.69, 9.17) is 4.98 Å². The first kappa shape index (κ1) is 36.8. The molecule has 3 heteroatoms. The Labute approximate surface area is 361 Å². The van der Waals surface area contributed by atoms with Crippen molar-refractivity contribution in [2.45, 2.75) is 0 Å². The number of aromatic nitrogens is 3. The van der Waals surface area contributed by atoms with Crippen molar-refractivity contribution in [1.82, 2.24) is 14.1 Å².